The molecule has 0 aliphatic heterocycles. The smallest absolute Gasteiger partial charge is 0.223 e. The Hall–Kier alpha value is -2.32. The second kappa shape index (κ2) is 3.34. The lowest BCUT2D eigenvalue weighted by Gasteiger charge is -1.95. The van der Waals surface area contributed by atoms with Gasteiger partial charge in [0.05, 0.1) is 17.0 Å². The van der Waals surface area contributed by atoms with E-state index in [-0.39, 0.29) is 11.1 Å². The van der Waals surface area contributed by atoms with Gasteiger partial charge in [0.25, 0.3) is 0 Å². The number of aromatic amines is 1. The number of nitrogens with two attached hydrogens (primary N) is 1. The van der Waals surface area contributed by atoms with Gasteiger partial charge < -0.3 is 10.7 Å². The van der Waals surface area contributed by atoms with Crippen LogP contribution in [0, 0.1) is 11.3 Å². The van der Waals surface area contributed by atoms with Crippen LogP contribution in [-0.4, -0.2) is 15.0 Å². The first-order valence-corrected chi connectivity index (χ1v) is 5.21. The van der Waals surface area contributed by atoms with E-state index in [1.165, 1.54) is 0 Å². The Labute approximate surface area is 101 Å². The van der Waals surface area contributed by atoms with E-state index in [1.807, 2.05) is 6.07 Å². The van der Waals surface area contributed by atoms with Crippen molar-refractivity contribution in [3.05, 3.63) is 28.9 Å². The van der Waals surface area contributed by atoms with Crippen LogP contribution in [0.25, 0.3) is 21.9 Å². The van der Waals surface area contributed by atoms with E-state index in [9.17, 15) is 0 Å². The standard InChI is InChI=1S/C11H6ClN5/c12-9-8-6-3-5(4-13)1-2-7(6)15-10(8)17-11(14)16-9/h1-3H,(H3,14,15,16,17). The number of nitriles is 1. The summed E-state index contributed by atoms with van der Waals surface area (Å²) in [5.41, 5.74) is 7.51. The van der Waals surface area contributed by atoms with Gasteiger partial charge in [-0.1, -0.05) is 11.6 Å². The van der Waals surface area contributed by atoms with E-state index >= 15 is 0 Å². The summed E-state index contributed by atoms with van der Waals surface area (Å²) in [5, 5.41) is 10.7. The third-order valence-electron chi connectivity index (χ3n) is 2.55. The lowest BCUT2D eigenvalue weighted by atomic mass is 10.1. The molecule has 3 aromatic rings. The van der Waals surface area contributed by atoms with Gasteiger partial charge in [-0.2, -0.15) is 10.2 Å². The van der Waals surface area contributed by atoms with E-state index in [1.54, 1.807) is 12.1 Å². The zero-order chi connectivity index (χ0) is 12.0. The number of H-pyrrole nitrogens is 1. The Morgan fingerprint density at radius 3 is 2.94 bits per heavy atom. The van der Waals surface area contributed by atoms with Crippen LogP contribution in [-0.2, 0) is 0 Å². The van der Waals surface area contributed by atoms with Crippen molar-refractivity contribution in [1.82, 2.24) is 15.0 Å². The number of benzene rings is 1. The Bertz CT molecular complexity index is 784. The highest BCUT2D eigenvalue weighted by atomic mass is 35.5. The highest BCUT2D eigenvalue weighted by molar-refractivity contribution is 6.36. The summed E-state index contributed by atoms with van der Waals surface area (Å²) < 4.78 is 0. The summed E-state index contributed by atoms with van der Waals surface area (Å²) in [4.78, 5) is 11.1. The summed E-state index contributed by atoms with van der Waals surface area (Å²) in [6.45, 7) is 0. The number of rotatable bonds is 0. The molecular weight excluding hydrogens is 238 g/mol. The van der Waals surface area contributed by atoms with E-state index < -0.39 is 0 Å². The molecule has 0 fully saturated rings. The maximum Gasteiger partial charge on any atom is 0.223 e. The number of hydrogen-bond donors (Lipinski definition) is 2. The van der Waals surface area contributed by atoms with E-state index in [4.69, 9.17) is 22.6 Å². The Morgan fingerprint density at radius 2 is 2.18 bits per heavy atom. The average Bonchev–Trinajstić information content (AvgIpc) is 2.65. The molecule has 0 amide bonds. The molecule has 0 bridgehead atoms. The Balaban J connectivity index is 2.54. The quantitative estimate of drug-likeness (QED) is 0.592. The fraction of sp³-hybridized carbons (Fsp3) is 0. The second-order valence-electron chi connectivity index (χ2n) is 3.59. The van der Waals surface area contributed by atoms with E-state index in [2.05, 4.69) is 21.0 Å². The topological polar surface area (TPSA) is 91.4 Å². The monoisotopic (exact) mass is 243 g/mol. The molecule has 0 aliphatic carbocycles. The predicted octanol–water partition coefficient (Wildman–Crippen LogP) is 2.22. The van der Waals surface area contributed by atoms with Gasteiger partial charge in [-0.05, 0) is 18.2 Å². The van der Waals surface area contributed by atoms with Crippen LogP contribution < -0.4 is 5.73 Å². The molecule has 0 saturated heterocycles. The molecule has 1 aromatic carbocycles. The SMILES string of the molecule is N#Cc1ccc2[nH]c3nc(N)nc(Cl)c3c2c1. The number of nitrogen functional groups attached to an aromatic ring is 1. The summed E-state index contributed by atoms with van der Waals surface area (Å²) in [7, 11) is 0. The average molecular weight is 244 g/mol. The van der Waals surface area contributed by atoms with Gasteiger partial charge in [-0.25, -0.2) is 4.98 Å². The van der Waals surface area contributed by atoms with Crippen molar-refractivity contribution in [2.24, 2.45) is 0 Å². The lowest BCUT2D eigenvalue weighted by Crippen LogP contribution is -1.94. The van der Waals surface area contributed by atoms with Gasteiger partial charge in [0.1, 0.15) is 10.8 Å². The molecule has 6 heteroatoms. The summed E-state index contributed by atoms with van der Waals surface area (Å²) in [6, 6.07) is 7.36. The molecule has 17 heavy (non-hydrogen) atoms. The molecule has 5 nitrogen and oxygen atoms in total. The number of nitrogens with zero attached hydrogens (tertiary/aromatic N) is 3. The highest BCUT2D eigenvalue weighted by Crippen LogP contribution is 2.30. The first-order chi connectivity index (χ1) is 8.19. The van der Waals surface area contributed by atoms with E-state index in [0.717, 1.165) is 10.9 Å². The minimum atomic E-state index is 0.120. The van der Waals surface area contributed by atoms with Crippen LogP contribution in [0.2, 0.25) is 5.15 Å². The fourth-order valence-corrected chi connectivity index (χ4v) is 2.11. The minimum Gasteiger partial charge on any atom is -0.368 e. The number of nitrogens with one attached hydrogen (secondary N) is 1. The number of hydrogen-bond acceptors (Lipinski definition) is 4. The van der Waals surface area contributed by atoms with Crippen molar-refractivity contribution in [2.75, 3.05) is 5.73 Å². The molecule has 0 unspecified atom stereocenters. The normalized spacial score (nSPS) is 10.8. The zero-order valence-electron chi connectivity index (χ0n) is 8.53. The van der Waals surface area contributed by atoms with Gasteiger partial charge in [-0.15, -0.1) is 0 Å². The number of halogens is 1. The van der Waals surface area contributed by atoms with Gasteiger partial charge in [0, 0.05) is 10.9 Å². The molecule has 0 spiro atoms. The summed E-state index contributed by atoms with van der Waals surface area (Å²) in [6.07, 6.45) is 0. The Kier molecular flexibility index (Phi) is 1.94. The van der Waals surface area contributed by atoms with Gasteiger partial charge in [0.15, 0.2) is 0 Å². The molecule has 0 atom stereocenters. The van der Waals surface area contributed by atoms with Crippen LogP contribution in [0.1, 0.15) is 5.56 Å². The molecule has 2 heterocycles. The van der Waals surface area contributed by atoms with Crippen LogP contribution in [0.3, 0.4) is 0 Å². The molecule has 82 valence electrons. The highest BCUT2D eigenvalue weighted by Gasteiger charge is 2.11. The zero-order valence-corrected chi connectivity index (χ0v) is 9.28. The van der Waals surface area contributed by atoms with E-state index in [0.29, 0.717) is 16.6 Å². The number of aromatic nitrogens is 3. The van der Waals surface area contributed by atoms with Crippen LogP contribution in [0.5, 0.6) is 0 Å². The molecule has 0 saturated carbocycles. The first kappa shape index (κ1) is 9.87. The fourth-order valence-electron chi connectivity index (χ4n) is 1.84. The summed E-state index contributed by atoms with van der Waals surface area (Å²) >= 11 is 6.04. The molecule has 2 aromatic heterocycles. The third kappa shape index (κ3) is 1.39. The minimum absolute atomic E-state index is 0.120. The van der Waals surface area contributed by atoms with Crippen molar-refractivity contribution in [3.63, 3.8) is 0 Å². The van der Waals surface area contributed by atoms with Crippen molar-refractivity contribution >= 4 is 39.5 Å². The van der Waals surface area contributed by atoms with Gasteiger partial charge in [0.2, 0.25) is 5.95 Å². The third-order valence-corrected chi connectivity index (χ3v) is 2.83. The molecule has 3 rings (SSSR count). The van der Waals surface area contributed by atoms with Gasteiger partial charge in [-0.3, -0.25) is 0 Å². The number of anilines is 1. The largest absolute Gasteiger partial charge is 0.368 e. The number of fused-ring (bicyclic) bond motifs is 3. The maximum atomic E-state index is 8.88. The summed E-state index contributed by atoms with van der Waals surface area (Å²) in [5.74, 6) is 0.120. The second-order valence-corrected chi connectivity index (χ2v) is 3.95. The lowest BCUT2D eigenvalue weighted by molar-refractivity contribution is 1.22. The predicted molar refractivity (Wildman–Crippen MR) is 65.5 cm³/mol. The maximum absolute atomic E-state index is 8.88. The first-order valence-electron chi connectivity index (χ1n) is 4.83. The van der Waals surface area contributed by atoms with Crippen LogP contribution in [0.4, 0.5) is 5.95 Å². The van der Waals surface area contributed by atoms with Crippen molar-refractivity contribution in [1.29, 1.82) is 5.26 Å². The van der Waals surface area contributed by atoms with Crippen molar-refractivity contribution in [3.8, 4) is 6.07 Å². The van der Waals surface area contributed by atoms with Crippen LogP contribution in [0.15, 0.2) is 18.2 Å². The Morgan fingerprint density at radius 1 is 1.35 bits per heavy atom. The molecule has 0 radical (unpaired) electrons. The molecular formula is C11H6ClN5. The van der Waals surface area contributed by atoms with Crippen molar-refractivity contribution < 1.29 is 0 Å². The molecule has 0 aliphatic rings. The van der Waals surface area contributed by atoms with Gasteiger partial charge >= 0.3 is 0 Å². The van der Waals surface area contributed by atoms with Crippen LogP contribution >= 0.6 is 11.6 Å². The molecule has 3 N–H and O–H groups in total. The van der Waals surface area contributed by atoms with Crippen molar-refractivity contribution in [2.45, 2.75) is 0 Å².